The second-order valence-electron chi connectivity index (χ2n) is 3.11. The molecule has 0 aromatic heterocycles. The highest BCUT2D eigenvalue weighted by Gasteiger charge is 1.99. The second kappa shape index (κ2) is 8.01. The van der Waals surface area contributed by atoms with Crippen LogP contribution < -0.4 is 5.73 Å². The van der Waals surface area contributed by atoms with Crippen LogP contribution in [0.5, 0.6) is 0 Å². The summed E-state index contributed by atoms with van der Waals surface area (Å²) < 4.78 is 1.19. The van der Waals surface area contributed by atoms with Gasteiger partial charge in [-0.1, -0.05) is 48.0 Å². The summed E-state index contributed by atoms with van der Waals surface area (Å²) in [6.45, 7) is 6.04. The van der Waals surface area contributed by atoms with Gasteiger partial charge in [-0.2, -0.15) is 0 Å². The molecule has 2 N–H and O–H groups in total. The normalized spacial score (nSPS) is 11.5. The van der Waals surface area contributed by atoms with E-state index in [1.165, 1.54) is 10.0 Å². The van der Waals surface area contributed by atoms with Gasteiger partial charge in [0.15, 0.2) is 0 Å². The fraction of sp³-hybridized carbons (Fsp3) is 0.500. The summed E-state index contributed by atoms with van der Waals surface area (Å²) in [6.07, 6.45) is 2.10. The molecule has 80 valence electrons. The van der Waals surface area contributed by atoms with E-state index in [2.05, 4.69) is 34.1 Å². The van der Waals surface area contributed by atoms with Crippen molar-refractivity contribution in [2.24, 2.45) is 5.73 Å². The molecule has 1 nitrogen and oxygen atoms in total. The summed E-state index contributed by atoms with van der Waals surface area (Å²) in [6, 6.07) is 8.57. The minimum absolute atomic E-state index is 0.289. The monoisotopic (exact) mass is 257 g/mol. The molecule has 0 aliphatic rings. The van der Waals surface area contributed by atoms with Crippen molar-refractivity contribution in [3.8, 4) is 0 Å². The van der Waals surface area contributed by atoms with Gasteiger partial charge in [0.25, 0.3) is 0 Å². The van der Waals surface area contributed by atoms with Crippen LogP contribution in [0.25, 0.3) is 0 Å². The Morgan fingerprint density at radius 3 is 2.36 bits per heavy atom. The number of hydrogen-bond donors (Lipinski definition) is 1. The number of nitrogens with two attached hydrogens (primary N) is 1. The molecule has 1 aromatic rings. The lowest BCUT2D eigenvalue weighted by Crippen LogP contribution is -2.15. The summed E-state index contributed by atoms with van der Waals surface area (Å²) in [5, 5.41) is 0. The smallest absolute Gasteiger partial charge is 0.0207 e. The molecule has 2 heteroatoms. The molecule has 0 saturated heterocycles. The number of hydrogen-bond acceptors (Lipinski definition) is 1. The Morgan fingerprint density at radius 1 is 1.29 bits per heavy atom. The van der Waals surface area contributed by atoms with Crippen LogP contribution >= 0.6 is 15.9 Å². The fourth-order valence-electron chi connectivity index (χ4n) is 1.08. The molecule has 1 rings (SSSR count). The minimum Gasteiger partial charge on any atom is -0.328 e. The van der Waals surface area contributed by atoms with E-state index in [1.807, 2.05) is 26.8 Å². The molecule has 0 bridgehead atoms. The number of halogens is 1. The number of rotatable bonds is 3. The van der Waals surface area contributed by atoms with Crippen LogP contribution in [0.4, 0.5) is 0 Å². The summed E-state index contributed by atoms with van der Waals surface area (Å²) in [5.74, 6) is 0. The van der Waals surface area contributed by atoms with Gasteiger partial charge in [0, 0.05) is 10.5 Å². The summed E-state index contributed by atoms with van der Waals surface area (Å²) in [4.78, 5) is 0. The quantitative estimate of drug-likeness (QED) is 0.877. The average molecular weight is 258 g/mol. The van der Waals surface area contributed by atoms with Crippen molar-refractivity contribution in [1.82, 2.24) is 0 Å². The molecule has 14 heavy (non-hydrogen) atoms. The average Bonchev–Trinajstić information content (AvgIpc) is 2.19. The molecular formula is C12H20BrN. The molecule has 0 aliphatic heterocycles. The van der Waals surface area contributed by atoms with E-state index in [0.717, 1.165) is 12.8 Å². The van der Waals surface area contributed by atoms with Gasteiger partial charge in [-0.15, -0.1) is 0 Å². The highest BCUT2D eigenvalue weighted by molar-refractivity contribution is 9.10. The van der Waals surface area contributed by atoms with Gasteiger partial charge in [0.1, 0.15) is 0 Å². The van der Waals surface area contributed by atoms with Crippen molar-refractivity contribution >= 4 is 15.9 Å². The van der Waals surface area contributed by atoms with E-state index in [-0.39, 0.29) is 6.04 Å². The van der Waals surface area contributed by atoms with Crippen molar-refractivity contribution in [2.45, 2.75) is 39.7 Å². The van der Waals surface area contributed by atoms with Crippen LogP contribution in [0, 0.1) is 0 Å². The van der Waals surface area contributed by atoms with Crippen molar-refractivity contribution in [2.75, 3.05) is 0 Å². The Kier molecular flexibility index (Phi) is 7.81. The van der Waals surface area contributed by atoms with E-state index in [4.69, 9.17) is 5.73 Å². The third kappa shape index (κ3) is 5.40. The maximum absolute atomic E-state index is 5.68. The SMILES string of the molecule is CC.CC(N)CCc1ccccc1Br. The molecule has 1 unspecified atom stereocenters. The Bertz CT molecular complexity index is 246. The van der Waals surface area contributed by atoms with Crippen LogP contribution in [-0.4, -0.2) is 6.04 Å². The van der Waals surface area contributed by atoms with Gasteiger partial charge >= 0.3 is 0 Å². The van der Waals surface area contributed by atoms with E-state index in [0.29, 0.717) is 0 Å². The van der Waals surface area contributed by atoms with E-state index < -0.39 is 0 Å². The van der Waals surface area contributed by atoms with Crippen LogP contribution in [0.3, 0.4) is 0 Å². The zero-order chi connectivity index (χ0) is 11.0. The predicted octanol–water partition coefficient (Wildman–Crippen LogP) is 3.76. The summed E-state index contributed by atoms with van der Waals surface area (Å²) in [5.41, 5.74) is 7.02. The Morgan fingerprint density at radius 2 is 1.86 bits per heavy atom. The molecule has 0 amide bonds. The zero-order valence-corrected chi connectivity index (χ0v) is 10.8. The van der Waals surface area contributed by atoms with Gasteiger partial charge in [0.2, 0.25) is 0 Å². The molecule has 0 fully saturated rings. The first-order chi connectivity index (χ1) is 6.70. The maximum atomic E-state index is 5.68. The largest absolute Gasteiger partial charge is 0.328 e. The Labute approximate surface area is 95.8 Å². The maximum Gasteiger partial charge on any atom is 0.0207 e. The van der Waals surface area contributed by atoms with Crippen LogP contribution in [0.2, 0.25) is 0 Å². The highest BCUT2D eigenvalue weighted by Crippen LogP contribution is 2.17. The third-order valence-corrected chi connectivity index (χ3v) is 2.60. The third-order valence-electron chi connectivity index (χ3n) is 1.83. The highest BCUT2D eigenvalue weighted by atomic mass is 79.9. The van der Waals surface area contributed by atoms with Gasteiger partial charge in [-0.05, 0) is 31.4 Å². The first-order valence-electron chi connectivity index (χ1n) is 5.19. The molecule has 0 saturated carbocycles. The lowest BCUT2D eigenvalue weighted by molar-refractivity contribution is 0.665. The van der Waals surface area contributed by atoms with Crippen molar-refractivity contribution < 1.29 is 0 Å². The molecule has 0 heterocycles. The first-order valence-corrected chi connectivity index (χ1v) is 5.98. The predicted molar refractivity (Wildman–Crippen MR) is 67.5 cm³/mol. The van der Waals surface area contributed by atoms with Gasteiger partial charge in [-0.3, -0.25) is 0 Å². The van der Waals surface area contributed by atoms with Crippen LogP contribution in [-0.2, 0) is 6.42 Å². The van der Waals surface area contributed by atoms with E-state index >= 15 is 0 Å². The van der Waals surface area contributed by atoms with Crippen LogP contribution in [0.1, 0.15) is 32.8 Å². The molecule has 0 radical (unpaired) electrons. The van der Waals surface area contributed by atoms with Gasteiger partial charge in [-0.25, -0.2) is 0 Å². The molecule has 1 aromatic carbocycles. The van der Waals surface area contributed by atoms with Gasteiger partial charge < -0.3 is 5.73 Å². The van der Waals surface area contributed by atoms with Crippen molar-refractivity contribution in [3.05, 3.63) is 34.3 Å². The van der Waals surface area contributed by atoms with E-state index in [9.17, 15) is 0 Å². The lowest BCUT2D eigenvalue weighted by atomic mass is 10.1. The van der Waals surface area contributed by atoms with E-state index in [1.54, 1.807) is 0 Å². The summed E-state index contributed by atoms with van der Waals surface area (Å²) in [7, 11) is 0. The summed E-state index contributed by atoms with van der Waals surface area (Å²) >= 11 is 3.51. The number of benzene rings is 1. The molecule has 0 spiro atoms. The fourth-order valence-corrected chi connectivity index (χ4v) is 1.57. The number of aryl methyl sites for hydroxylation is 1. The van der Waals surface area contributed by atoms with Crippen molar-refractivity contribution in [3.63, 3.8) is 0 Å². The molecule has 1 atom stereocenters. The first kappa shape index (κ1) is 13.7. The van der Waals surface area contributed by atoms with Crippen LogP contribution in [0.15, 0.2) is 28.7 Å². The lowest BCUT2D eigenvalue weighted by Gasteiger charge is -2.06. The topological polar surface area (TPSA) is 26.0 Å². The van der Waals surface area contributed by atoms with Crippen molar-refractivity contribution in [1.29, 1.82) is 0 Å². The zero-order valence-electron chi connectivity index (χ0n) is 9.26. The standard InChI is InChI=1S/C10H14BrN.C2H6/c1-8(12)6-7-9-4-2-3-5-10(9)11;1-2/h2-5,8H,6-7,12H2,1H3;1-2H3. The Hall–Kier alpha value is -0.340. The van der Waals surface area contributed by atoms with Gasteiger partial charge in [0.05, 0.1) is 0 Å². The Balaban J connectivity index is 0.000000791. The second-order valence-corrected chi connectivity index (χ2v) is 3.96. The minimum atomic E-state index is 0.289. The molecule has 0 aliphatic carbocycles. The molecular weight excluding hydrogens is 238 g/mol.